The number of ether oxygens (including phenoxy) is 1. The van der Waals surface area contributed by atoms with Crippen LogP contribution in [0.5, 0.6) is 0 Å². The third-order valence-electron chi connectivity index (χ3n) is 4.37. The number of amides is 1. The Balaban J connectivity index is 1.56. The molecule has 0 unspecified atom stereocenters. The lowest BCUT2D eigenvalue weighted by Crippen LogP contribution is -2.38. The Kier molecular flexibility index (Phi) is 4.71. The average molecular weight is 334 g/mol. The van der Waals surface area contributed by atoms with E-state index < -0.39 is 5.97 Å². The molecule has 1 amide bonds. The van der Waals surface area contributed by atoms with Crippen LogP contribution in [0.3, 0.4) is 0 Å². The number of thiophene rings is 1. The summed E-state index contributed by atoms with van der Waals surface area (Å²) in [6.07, 6.45) is 5.60. The average Bonchev–Trinajstić information content (AvgIpc) is 3.04. The van der Waals surface area contributed by atoms with Crippen LogP contribution in [0.25, 0.3) is 10.2 Å². The highest BCUT2D eigenvalue weighted by atomic mass is 32.1. The van der Waals surface area contributed by atoms with Gasteiger partial charge in [-0.1, -0.05) is 19.3 Å². The number of esters is 1. The van der Waals surface area contributed by atoms with Gasteiger partial charge in [0.1, 0.15) is 5.69 Å². The molecule has 2 aromatic heterocycles. The number of fused-ring (bicyclic) bond motifs is 1. The van der Waals surface area contributed by atoms with Gasteiger partial charge in [0, 0.05) is 18.0 Å². The van der Waals surface area contributed by atoms with Crippen LogP contribution in [0, 0.1) is 6.92 Å². The van der Waals surface area contributed by atoms with Crippen molar-refractivity contribution in [2.75, 3.05) is 6.61 Å². The maximum absolute atomic E-state index is 12.2. The number of hydrogen-bond acceptors (Lipinski definition) is 4. The number of aryl methyl sites for hydroxylation is 2. The molecule has 0 aromatic carbocycles. The van der Waals surface area contributed by atoms with E-state index >= 15 is 0 Å². The van der Waals surface area contributed by atoms with Crippen molar-refractivity contribution in [3.63, 3.8) is 0 Å². The quantitative estimate of drug-likeness (QED) is 0.874. The van der Waals surface area contributed by atoms with E-state index in [0.29, 0.717) is 5.69 Å². The van der Waals surface area contributed by atoms with Crippen molar-refractivity contribution < 1.29 is 14.3 Å². The molecule has 3 rings (SSSR count). The topological polar surface area (TPSA) is 60.3 Å². The normalized spacial score (nSPS) is 15.7. The summed E-state index contributed by atoms with van der Waals surface area (Å²) in [4.78, 5) is 25.3. The Morgan fingerprint density at radius 3 is 2.74 bits per heavy atom. The van der Waals surface area contributed by atoms with Crippen molar-refractivity contribution in [3.05, 3.63) is 22.7 Å². The molecule has 1 saturated carbocycles. The van der Waals surface area contributed by atoms with E-state index in [1.54, 1.807) is 11.3 Å². The summed E-state index contributed by atoms with van der Waals surface area (Å²) >= 11 is 1.64. The van der Waals surface area contributed by atoms with E-state index in [1.165, 1.54) is 11.3 Å². The van der Waals surface area contributed by atoms with Crippen molar-refractivity contribution >= 4 is 33.4 Å². The predicted molar refractivity (Wildman–Crippen MR) is 90.8 cm³/mol. The van der Waals surface area contributed by atoms with Crippen LogP contribution in [0.4, 0.5) is 0 Å². The zero-order valence-corrected chi connectivity index (χ0v) is 14.4. The first-order valence-corrected chi connectivity index (χ1v) is 8.88. The number of rotatable bonds is 4. The van der Waals surface area contributed by atoms with Crippen molar-refractivity contribution in [1.82, 2.24) is 9.88 Å². The second-order valence-electron chi connectivity index (χ2n) is 6.17. The molecule has 0 atom stereocenters. The summed E-state index contributed by atoms with van der Waals surface area (Å²) in [5.41, 5.74) is 1.50. The minimum Gasteiger partial charge on any atom is -0.451 e. The van der Waals surface area contributed by atoms with Gasteiger partial charge in [0.25, 0.3) is 5.91 Å². The number of hydrogen-bond donors (Lipinski definition) is 1. The zero-order chi connectivity index (χ0) is 16.4. The molecule has 124 valence electrons. The fraction of sp³-hybridized carbons (Fsp3) is 0.529. The molecule has 2 heterocycles. The number of carbonyl (C=O) groups excluding carboxylic acids is 2. The molecule has 1 N–H and O–H groups in total. The van der Waals surface area contributed by atoms with Crippen molar-refractivity contribution in [3.8, 4) is 0 Å². The molecule has 6 heteroatoms. The second kappa shape index (κ2) is 6.74. The van der Waals surface area contributed by atoms with Crippen molar-refractivity contribution in [2.24, 2.45) is 7.05 Å². The molecule has 0 aliphatic heterocycles. The smallest absolute Gasteiger partial charge is 0.355 e. The lowest BCUT2D eigenvalue weighted by Gasteiger charge is -2.22. The highest BCUT2D eigenvalue weighted by molar-refractivity contribution is 7.19. The summed E-state index contributed by atoms with van der Waals surface area (Å²) < 4.78 is 8.05. The fourth-order valence-corrected chi connectivity index (χ4v) is 4.14. The number of carbonyl (C=O) groups is 2. The van der Waals surface area contributed by atoms with Crippen LogP contribution >= 0.6 is 11.3 Å². The van der Waals surface area contributed by atoms with Gasteiger partial charge in [0.05, 0.1) is 10.2 Å². The molecule has 23 heavy (non-hydrogen) atoms. The van der Waals surface area contributed by atoms with Crippen LogP contribution in [0.2, 0.25) is 0 Å². The summed E-state index contributed by atoms with van der Waals surface area (Å²) in [6, 6.07) is 4.11. The molecule has 0 radical (unpaired) electrons. The largest absolute Gasteiger partial charge is 0.451 e. The van der Waals surface area contributed by atoms with E-state index in [2.05, 4.69) is 5.32 Å². The van der Waals surface area contributed by atoms with Gasteiger partial charge in [-0.2, -0.15) is 0 Å². The SMILES string of the molecule is Cc1cc2c(cc(C(=O)OCC(=O)NC3CCCCC3)n2C)s1. The highest BCUT2D eigenvalue weighted by Crippen LogP contribution is 2.28. The molecule has 2 aromatic rings. The van der Waals surface area contributed by atoms with E-state index in [1.807, 2.05) is 30.7 Å². The molecule has 0 bridgehead atoms. The summed E-state index contributed by atoms with van der Waals surface area (Å²) in [5, 5.41) is 2.95. The van der Waals surface area contributed by atoms with Gasteiger partial charge in [-0.15, -0.1) is 11.3 Å². The Bertz CT molecular complexity index is 726. The van der Waals surface area contributed by atoms with Gasteiger partial charge in [-0.05, 0) is 31.9 Å². The summed E-state index contributed by atoms with van der Waals surface area (Å²) in [7, 11) is 1.84. The zero-order valence-electron chi connectivity index (χ0n) is 13.6. The minimum atomic E-state index is -0.452. The molecule has 0 saturated heterocycles. The van der Waals surface area contributed by atoms with Gasteiger partial charge in [-0.3, -0.25) is 4.79 Å². The Labute approximate surface area is 139 Å². The first kappa shape index (κ1) is 16.1. The van der Waals surface area contributed by atoms with E-state index in [-0.39, 0.29) is 18.6 Å². The number of aromatic nitrogens is 1. The van der Waals surface area contributed by atoms with Crippen LogP contribution in [0.15, 0.2) is 12.1 Å². The minimum absolute atomic E-state index is 0.211. The molecule has 1 fully saturated rings. The highest BCUT2D eigenvalue weighted by Gasteiger charge is 2.19. The molecular formula is C17H22N2O3S. The standard InChI is InChI=1S/C17H22N2O3S/c1-11-8-13-15(23-11)9-14(19(13)2)17(21)22-10-16(20)18-12-6-4-3-5-7-12/h8-9,12H,3-7,10H2,1-2H3,(H,18,20). The number of nitrogens with one attached hydrogen (secondary N) is 1. The Morgan fingerprint density at radius 1 is 1.30 bits per heavy atom. The predicted octanol–water partition coefficient (Wildman–Crippen LogP) is 3.15. The monoisotopic (exact) mass is 334 g/mol. The van der Waals surface area contributed by atoms with Gasteiger partial charge < -0.3 is 14.6 Å². The van der Waals surface area contributed by atoms with E-state index in [4.69, 9.17) is 4.74 Å². The maximum atomic E-state index is 12.2. The molecule has 1 aliphatic carbocycles. The van der Waals surface area contributed by atoms with Gasteiger partial charge in [0.2, 0.25) is 0 Å². The van der Waals surface area contributed by atoms with E-state index in [0.717, 1.165) is 35.9 Å². The van der Waals surface area contributed by atoms with Gasteiger partial charge in [-0.25, -0.2) is 4.79 Å². The van der Waals surface area contributed by atoms with Crippen LogP contribution in [0.1, 0.15) is 47.5 Å². The van der Waals surface area contributed by atoms with Gasteiger partial charge >= 0.3 is 5.97 Å². The number of nitrogens with zero attached hydrogens (tertiary/aromatic N) is 1. The molecule has 1 aliphatic rings. The lowest BCUT2D eigenvalue weighted by molar-refractivity contribution is -0.125. The lowest BCUT2D eigenvalue weighted by atomic mass is 9.95. The second-order valence-corrected chi connectivity index (χ2v) is 7.46. The van der Waals surface area contributed by atoms with Crippen molar-refractivity contribution in [2.45, 2.75) is 45.1 Å². The maximum Gasteiger partial charge on any atom is 0.355 e. The fourth-order valence-electron chi connectivity index (χ4n) is 3.15. The summed E-state index contributed by atoms with van der Waals surface area (Å²) in [6.45, 7) is 1.82. The Hall–Kier alpha value is -1.82. The third-order valence-corrected chi connectivity index (χ3v) is 5.35. The first-order valence-electron chi connectivity index (χ1n) is 8.07. The molecule has 5 nitrogen and oxygen atoms in total. The molecular weight excluding hydrogens is 312 g/mol. The summed E-state index contributed by atoms with van der Waals surface area (Å²) in [5.74, 6) is -0.663. The van der Waals surface area contributed by atoms with Gasteiger partial charge in [0.15, 0.2) is 6.61 Å². The molecule has 0 spiro atoms. The van der Waals surface area contributed by atoms with E-state index in [9.17, 15) is 9.59 Å². The van der Waals surface area contributed by atoms with Crippen molar-refractivity contribution in [1.29, 1.82) is 0 Å². The first-order chi connectivity index (χ1) is 11.0. The van der Waals surface area contributed by atoms with Crippen LogP contribution in [-0.2, 0) is 16.6 Å². The Morgan fingerprint density at radius 2 is 2.04 bits per heavy atom. The van der Waals surface area contributed by atoms with Crippen LogP contribution < -0.4 is 5.32 Å². The van der Waals surface area contributed by atoms with Crippen LogP contribution in [-0.4, -0.2) is 29.1 Å². The third kappa shape index (κ3) is 3.58.